The molecule has 1 aliphatic heterocycles. The molecule has 2 aromatic rings. The summed E-state index contributed by atoms with van der Waals surface area (Å²) in [5.74, 6) is 0.929. The lowest BCUT2D eigenvalue weighted by Crippen LogP contribution is -2.43. The van der Waals surface area contributed by atoms with Crippen LogP contribution in [0.1, 0.15) is 56.7 Å². The predicted octanol–water partition coefficient (Wildman–Crippen LogP) is 5.66. The Morgan fingerprint density at radius 3 is 2.32 bits per heavy atom. The Labute approximate surface area is 185 Å². The molecule has 0 spiro atoms. The zero-order valence-corrected chi connectivity index (χ0v) is 19.2. The number of carbonyl (C=O) groups excluding carboxylic acids is 1. The van der Waals surface area contributed by atoms with Crippen LogP contribution in [0, 0.1) is 5.41 Å². The highest BCUT2D eigenvalue weighted by Gasteiger charge is 2.46. The van der Waals surface area contributed by atoms with Crippen LogP contribution in [0.4, 0.5) is 5.69 Å². The summed E-state index contributed by atoms with van der Waals surface area (Å²) in [5.41, 5.74) is 4.88. The summed E-state index contributed by atoms with van der Waals surface area (Å²) in [7, 11) is 3.41. The van der Waals surface area contributed by atoms with Crippen LogP contribution in [0.25, 0.3) is 0 Å². The van der Waals surface area contributed by atoms with E-state index >= 15 is 0 Å². The van der Waals surface area contributed by atoms with Gasteiger partial charge in [0.1, 0.15) is 11.5 Å². The van der Waals surface area contributed by atoms with Crippen LogP contribution in [-0.2, 0) is 14.3 Å². The Kier molecular flexibility index (Phi) is 5.94. The number of allylic oxidation sites excluding steroid dienone is 1. The van der Waals surface area contributed by atoms with Gasteiger partial charge in [0.2, 0.25) is 0 Å². The average molecular weight is 420 g/mol. The largest absolute Gasteiger partial charge is 0.501 e. The minimum Gasteiger partial charge on any atom is -0.501 e. The van der Waals surface area contributed by atoms with E-state index in [2.05, 4.69) is 74.2 Å². The Bertz CT molecular complexity index is 973. The number of ketones is 1. The van der Waals surface area contributed by atoms with Gasteiger partial charge in [-0.3, -0.25) is 4.79 Å². The van der Waals surface area contributed by atoms with Gasteiger partial charge in [-0.15, -0.1) is 0 Å². The van der Waals surface area contributed by atoms with Crippen LogP contribution in [0.2, 0.25) is 0 Å². The van der Waals surface area contributed by atoms with Crippen molar-refractivity contribution < 1.29 is 14.3 Å². The van der Waals surface area contributed by atoms with E-state index in [1.807, 2.05) is 6.07 Å². The maximum absolute atomic E-state index is 12.8. The third kappa shape index (κ3) is 4.14. The van der Waals surface area contributed by atoms with Crippen molar-refractivity contribution in [2.45, 2.75) is 51.7 Å². The lowest BCUT2D eigenvalue weighted by molar-refractivity contribution is -0.121. The molecule has 0 amide bonds. The van der Waals surface area contributed by atoms with Crippen molar-refractivity contribution in [2.75, 3.05) is 25.7 Å². The van der Waals surface area contributed by atoms with Gasteiger partial charge in [0.15, 0.2) is 0 Å². The van der Waals surface area contributed by atoms with Crippen molar-refractivity contribution in [3.63, 3.8) is 0 Å². The normalized spacial score (nSPS) is 23.8. The molecule has 0 aromatic heterocycles. The van der Waals surface area contributed by atoms with Crippen LogP contribution >= 0.6 is 0 Å². The average Bonchev–Trinajstić information content (AvgIpc) is 2.89. The Balaban J connectivity index is 2.04. The molecule has 0 saturated heterocycles. The van der Waals surface area contributed by atoms with E-state index in [1.165, 1.54) is 16.8 Å². The van der Waals surface area contributed by atoms with E-state index in [9.17, 15) is 4.79 Å². The van der Waals surface area contributed by atoms with Crippen molar-refractivity contribution in [2.24, 2.45) is 5.41 Å². The Hall–Kier alpha value is -2.59. The molecule has 0 saturated carbocycles. The van der Waals surface area contributed by atoms with E-state index in [0.29, 0.717) is 12.8 Å². The minimum absolute atomic E-state index is 0.0150. The SMILES string of the molecule is COC1=C2[C@H](c3ccccc3)N(CC(C)(C)C)c3ccccc3[C@H]2[C@@H](OC)CC(=O)C1. The topological polar surface area (TPSA) is 38.8 Å². The molecule has 2 aliphatic rings. The molecule has 4 nitrogen and oxygen atoms in total. The maximum atomic E-state index is 12.8. The molecule has 2 aromatic carbocycles. The number of benzene rings is 2. The molecule has 31 heavy (non-hydrogen) atoms. The van der Waals surface area contributed by atoms with Gasteiger partial charge in [0.25, 0.3) is 0 Å². The molecule has 4 heteroatoms. The molecular formula is C27H33NO3. The summed E-state index contributed by atoms with van der Waals surface area (Å²) >= 11 is 0. The van der Waals surface area contributed by atoms with Gasteiger partial charge in [0, 0.05) is 37.3 Å². The van der Waals surface area contributed by atoms with Gasteiger partial charge in [-0.25, -0.2) is 0 Å². The van der Waals surface area contributed by atoms with Gasteiger partial charge in [-0.1, -0.05) is 69.3 Å². The number of hydrogen-bond donors (Lipinski definition) is 0. The first-order valence-corrected chi connectivity index (χ1v) is 11.1. The standard InChI is InChI=1S/C27H33NO3/c1-27(2,3)17-28-21-14-10-9-13-20(21)24-22(30-4)15-19(29)16-23(31-5)25(24)26(28)18-11-7-6-8-12-18/h6-14,22,24,26H,15-17H2,1-5H3/t22-,24-,26-/m0/s1. The number of hydrogen-bond acceptors (Lipinski definition) is 4. The molecule has 0 fully saturated rings. The predicted molar refractivity (Wildman–Crippen MR) is 124 cm³/mol. The fourth-order valence-corrected chi connectivity index (χ4v) is 5.17. The number of carbonyl (C=O) groups is 1. The second kappa shape index (κ2) is 8.51. The number of nitrogens with zero attached hydrogens (tertiary/aromatic N) is 1. The van der Waals surface area contributed by atoms with Gasteiger partial charge in [0.05, 0.1) is 25.7 Å². The molecule has 4 rings (SSSR count). The van der Waals surface area contributed by atoms with Gasteiger partial charge in [-0.2, -0.15) is 0 Å². The van der Waals surface area contributed by atoms with E-state index in [4.69, 9.17) is 9.47 Å². The van der Waals surface area contributed by atoms with E-state index in [0.717, 1.165) is 17.9 Å². The zero-order chi connectivity index (χ0) is 22.2. The van der Waals surface area contributed by atoms with Gasteiger partial charge >= 0.3 is 0 Å². The number of para-hydroxylation sites is 1. The molecular weight excluding hydrogens is 386 g/mol. The molecule has 0 radical (unpaired) electrons. The second-order valence-electron chi connectivity index (χ2n) is 9.81. The summed E-state index contributed by atoms with van der Waals surface area (Å²) in [5, 5.41) is 0. The summed E-state index contributed by atoms with van der Waals surface area (Å²) in [4.78, 5) is 15.3. The summed E-state index contributed by atoms with van der Waals surface area (Å²) in [6.45, 7) is 7.68. The van der Waals surface area contributed by atoms with Crippen LogP contribution in [-0.4, -0.2) is 32.7 Å². The summed E-state index contributed by atoms with van der Waals surface area (Å²) in [6, 6.07) is 19.1. The summed E-state index contributed by atoms with van der Waals surface area (Å²) < 4.78 is 11.9. The highest BCUT2D eigenvalue weighted by atomic mass is 16.5. The van der Waals surface area contributed by atoms with Crippen molar-refractivity contribution in [3.05, 3.63) is 77.1 Å². The highest BCUT2D eigenvalue weighted by Crippen LogP contribution is 2.53. The van der Waals surface area contributed by atoms with Crippen LogP contribution < -0.4 is 4.90 Å². The van der Waals surface area contributed by atoms with Crippen molar-refractivity contribution in [1.82, 2.24) is 0 Å². The van der Waals surface area contributed by atoms with Crippen molar-refractivity contribution in [1.29, 1.82) is 0 Å². The van der Waals surface area contributed by atoms with Crippen molar-refractivity contribution >= 4 is 11.5 Å². The first-order chi connectivity index (χ1) is 14.8. The van der Waals surface area contributed by atoms with Crippen LogP contribution in [0.15, 0.2) is 65.9 Å². The number of methoxy groups -OCH3 is 2. The highest BCUT2D eigenvalue weighted by molar-refractivity contribution is 5.83. The van der Waals surface area contributed by atoms with E-state index in [1.54, 1.807) is 14.2 Å². The quantitative estimate of drug-likeness (QED) is 0.641. The maximum Gasteiger partial charge on any atom is 0.143 e. The van der Waals surface area contributed by atoms with E-state index in [-0.39, 0.29) is 29.3 Å². The Morgan fingerprint density at radius 2 is 1.68 bits per heavy atom. The van der Waals surface area contributed by atoms with Gasteiger partial charge < -0.3 is 14.4 Å². The molecule has 1 aliphatic carbocycles. The second-order valence-corrected chi connectivity index (χ2v) is 9.81. The molecule has 0 unspecified atom stereocenters. The Morgan fingerprint density at radius 1 is 1.00 bits per heavy atom. The van der Waals surface area contributed by atoms with Gasteiger partial charge in [-0.05, 0) is 22.6 Å². The number of anilines is 1. The minimum atomic E-state index is -0.209. The monoisotopic (exact) mass is 419 g/mol. The van der Waals surface area contributed by atoms with Crippen LogP contribution in [0.5, 0.6) is 0 Å². The number of Topliss-reactive ketones (excluding diaryl/α,β-unsaturated/α-hetero) is 1. The van der Waals surface area contributed by atoms with Crippen molar-refractivity contribution in [3.8, 4) is 0 Å². The first kappa shape index (κ1) is 21.6. The summed E-state index contributed by atoms with van der Waals surface area (Å²) in [6.07, 6.45) is 0.503. The van der Waals surface area contributed by atoms with E-state index < -0.39 is 0 Å². The molecule has 3 atom stereocenters. The molecule has 1 heterocycles. The zero-order valence-electron chi connectivity index (χ0n) is 19.2. The lowest BCUT2D eigenvalue weighted by atomic mass is 9.74. The molecule has 0 bridgehead atoms. The first-order valence-electron chi connectivity index (χ1n) is 11.1. The number of rotatable bonds is 4. The molecule has 164 valence electrons. The lowest BCUT2D eigenvalue weighted by Gasteiger charge is -2.48. The fraction of sp³-hybridized carbons (Fsp3) is 0.444. The third-order valence-corrected chi connectivity index (χ3v) is 6.31. The smallest absolute Gasteiger partial charge is 0.143 e. The number of ether oxygens (including phenoxy) is 2. The van der Waals surface area contributed by atoms with Crippen LogP contribution in [0.3, 0.4) is 0 Å². The third-order valence-electron chi connectivity index (χ3n) is 6.31. The molecule has 0 N–H and O–H groups in total. The fourth-order valence-electron chi connectivity index (χ4n) is 5.17. The number of fused-ring (bicyclic) bond motifs is 3.